The third kappa shape index (κ3) is 3.25. The van der Waals surface area contributed by atoms with Crippen LogP contribution in [0.2, 0.25) is 0 Å². The summed E-state index contributed by atoms with van der Waals surface area (Å²) in [4.78, 5) is 2.39. The van der Waals surface area contributed by atoms with E-state index in [0.717, 1.165) is 54.3 Å². The topological polar surface area (TPSA) is 50.5 Å². The zero-order chi connectivity index (χ0) is 17.2. The lowest BCUT2D eigenvalue weighted by Crippen LogP contribution is -2.48. The largest absolute Gasteiger partial charge is 0.496 e. The zero-order valence-electron chi connectivity index (χ0n) is 14.7. The molecular formula is C20H23N3O2. The first-order chi connectivity index (χ1) is 12.2. The predicted molar refractivity (Wildman–Crippen MR) is 98.7 cm³/mol. The van der Waals surface area contributed by atoms with Gasteiger partial charge in [-0.2, -0.15) is 0 Å². The molecule has 0 spiro atoms. The maximum Gasteiger partial charge on any atom is 0.151 e. The van der Waals surface area contributed by atoms with Gasteiger partial charge in [-0.05, 0) is 23.8 Å². The van der Waals surface area contributed by atoms with Crippen LogP contribution in [-0.2, 0) is 6.54 Å². The highest BCUT2D eigenvalue weighted by atomic mass is 16.5. The molecule has 0 radical (unpaired) electrons. The van der Waals surface area contributed by atoms with E-state index in [9.17, 15) is 0 Å². The Balaban J connectivity index is 1.67. The molecule has 2 aromatic carbocycles. The minimum absolute atomic E-state index is 0.509. The van der Waals surface area contributed by atoms with E-state index in [4.69, 9.17) is 9.26 Å². The standard InChI is InChI=1S/C20H23N3O2/c1-14-12-23(10-9-21-14)13-16-11-18(22-25-16)20-17-6-4-3-5-15(17)7-8-19(20)24-2/h3-8,11,14,21H,9-10,12-13H2,1-2H3/t14-/m0/s1. The van der Waals surface area contributed by atoms with Crippen molar-refractivity contribution >= 4 is 10.8 Å². The van der Waals surface area contributed by atoms with Crippen molar-refractivity contribution in [3.8, 4) is 17.0 Å². The van der Waals surface area contributed by atoms with Gasteiger partial charge in [0, 0.05) is 31.7 Å². The van der Waals surface area contributed by atoms with Crippen LogP contribution in [0.5, 0.6) is 5.75 Å². The van der Waals surface area contributed by atoms with Crippen molar-refractivity contribution < 1.29 is 9.26 Å². The number of hydrogen-bond acceptors (Lipinski definition) is 5. The molecule has 1 saturated heterocycles. The van der Waals surface area contributed by atoms with Gasteiger partial charge in [-0.3, -0.25) is 4.90 Å². The Labute approximate surface area is 147 Å². The molecule has 2 heterocycles. The highest BCUT2D eigenvalue weighted by molar-refractivity contribution is 5.98. The molecule has 1 atom stereocenters. The van der Waals surface area contributed by atoms with E-state index in [-0.39, 0.29) is 0 Å². The summed E-state index contributed by atoms with van der Waals surface area (Å²) < 4.78 is 11.2. The van der Waals surface area contributed by atoms with Crippen LogP contribution in [-0.4, -0.2) is 42.8 Å². The molecule has 3 aromatic rings. The molecular weight excluding hydrogens is 314 g/mol. The third-order valence-electron chi connectivity index (χ3n) is 4.76. The van der Waals surface area contributed by atoms with Crippen LogP contribution in [0.1, 0.15) is 12.7 Å². The molecule has 1 aromatic heterocycles. The minimum Gasteiger partial charge on any atom is -0.496 e. The maximum absolute atomic E-state index is 5.64. The molecule has 1 aliphatic rings. The molecule has 0 unspecified atom stereocenters. The second-order valence-electron chi connectivity index (χ2n) is 6.63. The van der Waals surface area contributed by atoms with Crippen molar-refractivity contribution in [2.24, 2.45) is 0 Å². The lowest BCUT2D eigenvalue weighted by atomic mass is 10.0. The van der Waals surface area contributed by atoms with Crippen LogP contribution in [0.4, 0.5) is 0 Å². The Morgan fingerprint density at radius 3 is 3.00 bits per heavy atom. The van der Waals surface area contributed by atoms with Crippen molar-refractivity contribution in [1.82, 2.24) is 15.4 Å². The summed E-state index contributed by atoms with van der Waals surface area (Å²) in [5.74, 6) is 1.70. The van der Waals surface area contributed by atoms with Gasteiger partial charge in [0.2, 0.25) is 0 Å². The van der Waals surface area contributed by atoms with Gasteiger partial charge in [0.05, 0.1) is 19.2 Å². The molecule has 1 aliphatic heterocycles. The zero-order valence-corrected chi connectivity index (χ0v) is 14.7. The monoisotopic (exact) mass is 337 g/mol. The van der Waals surface area contributed by atoms with Crippen LogP contribution >= 0.6 is 0 Å². The molecule has 0 bridgehead atoms. The molecule has 0 amide bonds. The number of ether oxygens (including phenoxy) is 1. The summed E-state index contributed by atoms with van der Waals surface area (Å²) in [6.45, 7) is 6.05. The number of nitrogens with zero attached hydrogens (tertiary/aromatic N) is 2. The smallest absolute Gasteiger partial charge is 0.151 e. The fourth-order valence-corrected chi connectivity index (χ4v) is 3.57. The van der Waals surface area contributed by atoms with E-state index >= 15 is 0 Å². The maximum atomic E-state index is 5.64. The average Bonchev–Trinajstić information content (AvgIpc) is 3.08. The lowest BCUT2D eigenvalue weighted by molar-refractivity contribution is 0.180. The summed E-state index contributed by atoms with van der Waals surface area (Å²) >= 11 is 0. The van der Waals surface area contributed by atoms with Gasteiger partial charge in [-0.25, -0.2) is 0 Å². The van der Waals surface area contributed by atoms with Crippen LogP contribution in [0.15, 0.2) is 47.0 Å². The predicted octanol–water partition coefficient (Wildman–Crippen LogP) is 3.30. The van der Waals surface area contributed by atoms with Gasteiger partial charge >= 0.3 is 0 Å². The highest BCUT2D eigenvalue weighted by Crippen LogP contribution is 2.36. The van der Waals surface area contributed by atoms with Crippen molar-refractivity contribution in [3.05, 3.63) is 48.2 Å². The number of hydrogen-bond donors (Lipinski definition) is 1. The Kier molecular flexibility index (Phi) is 4.42. The first kappa shape index (κ1) is 16.1. The highest BCUT2D eigenvalue weighted by Gasteiger charge is 2.19. The summed E-state index contributed by atoms with van der Waals surface area (Å²) in [7, 11) is 1.69. The summed E-state index contributed by atoms with van der Waals surface area (Å²) in [6, 6.07) is 14.9. The van der Waals surface area contributed by atoms with Crippen LogP contribution in [0, 0.1) is 0 Å². The number of methoxy groups -OCH3 is 1. The molecule has 5 heteroatoms. The quantitative estimate of drug-likeness (QED) is 0.792. The Morgan fingerprint density at radius 1 is 1.28 bits per heavy atom. The first-order valence-electron chi connectivity index (χ1n) is 8.72. The SMILES string of the molecule is COc1ccc2ccccc2c1-c1cc(CN2CCN[C@@H](C)C2)on1. The molecule has 25 heavy (non-hydrogen) atoms. The third-order valence-corrected chi connectivity index (χ3v) is 4.76. The molecule has 1 N–H and O–H groups in total. The van der Waals surface area contributed by atoms with Gasteiger partial charge < -0.3 is 14.6 Å². The molecule has 130 valence electrons. The van der Waals surface area contributed by atoms with Crippen LogP contribution < -0.4 is 10.1 Å². The lowest BCUT2D eigenvalue weighted by Gasteiger charge is -2.30. The molecule has 5 nitrogen and oxygen atoms in total. The molecule has 0 aliphatic carbocycles. The number of benzene rings is 2. The van der Waals surface area contributed by atoms with E-state index in [1.807, 2.05) is 24.3 Å². The van der Waals surface area contributed by atoms with E-state index in [2.05, 4.69) is 40.5 Å². The Morgan fingerprint density at radius 2 is 2.16 bits per heavy atom. The van der Waals surface area contributed by atoms with Crippen LogP contribution in [0.25, 0.3) is 22.0 Å². The van der Waals surface area contributed by atoms with E-state index in [1.54, 1.807) is 7.11 Å². The second-order valence-corrected chi connectivity index (χ2v) is 6.63. The van der Waals surface area contributed by atoms with Crippen LogP contribution in [0.3, 0.4) is 0 Å². The van der Waals surface area contributed by atoms with Crippen molar-refractivity contribution in [2.75, 3.05) is 26.7 Å². The number of nitrogens with one attached hydrogen (secondary N) is 1. The Bertz CT molecular complexity index is 874. The summed E-state index contributed by atoms with van der Waals surface area (Å²) in [5.41, 5.74) is 1.82. The van der Waals surface area contributed by atoms with Crippen molar-refractivity contribution in [3.63, 3.8) is 0 Å². The molecule has 4 rings (SSSR count). The van der Waals surface area contributed by atoms with Crippen molar-refractivity contribution in [2.45, 2.75) is 19.5 Å². The van der Waals surface area contributed by atoms with Gasteiger partial charge in [0.25, 0.3) is 0 Å². The number of fused-ring (bicyclic) bond motifs is 1. The van der Waals surface area contributed by atoms with Gasteiger partial charge in [-0.1, -0.05) is 35.5 Å². The fourth-order valence-electron chi connectivity index (χ4n) is 3.57. The number of rotatable bonds is 4. The summed E-state index contributed by atoms with van der Waals surface area (Å²) in [5, 5.41) is 10.1. The van der Waals surface area contributed by atoms with Gasteiger partial charge in [0.1, 0.15) is 11.4 Å². The first-order valence-corrected chi connectivity index (χ1v) is 8.72. The van der Waals surface area contributed by atoms with Crippen molar-refractivity contribution in [1.29, 1.82) is 0 Å². The normalized spacial score (nSPS) is 18.6. The van der Waals surface area contributed by atoms with E-state index in [0.29, 0.717) is 6.04 Å². The minimum atomic E-state index is 0.509. The number of piperazine rings is 1. The van der Waals surface area contributed by atoms with E-state index in [1.165, 1.54) is 5.39 Å². The molecule has 0 saturated carbocycles. The number of aromatic nitrogens is 1. The van der Waals surface area contributed by atoms with Gasteiger partial charge in [-0.15, -0.1) is 0 Å². The fraction of sp³-hybridized carbons (Fsp3) is 0.350. The molecule has 1 fully saturated rings. The average molecular weight is 337 g/mol. The summed E-state index contributed by atoms with van der Waals surface area (Å²) in [6.07, 6.45) is 0. The Hall–Kier alpha value is -2.37. The van der Waals surface area contributed by atoms with Gasteiger partial charge in [0.15, 0.2) is 5.76 Å². The van der Waals surface area contributed by atoms with E-state index < -0.39 is 0 Å². The second kappa shape index (κ2) is 6.86.